The molecule has 2 aromatic carbocycles. The van der Waals surface area contributed by atoms with E-state index in [1.807, 2.05) is 42.5 Å². The summed E-state index contributed by atoms with van der Waals surface area (Å²) >= 11 is 4.31. The minimum absolute atomic E-state index is 0.166. The summed E-state index contributed by atoms with van der Waals surface area (Å²) in [4.78, 5) is 17.3. The number of pyridine rings is 1. The maximum Gasteiger partial charge on any atom is 0.256 e. The molecule has 0 spiro atoms. The molecule has 0 aliphatic carbocycles. The summed E-state index contributed by atoms with van der Waals surface area (Å²) in [6, 6.07) is 16.7. The average Bonchev–Trinajstić information content (AvgIpc) is 2.48. The van der Waals surface area contributed by atoms with Gasteiger partial charge in [-0.3, -0.25) is 4.79 Å². The molecule has 0 atom stereocenters. The molecule has 1 amide bonds. The monoisotopic (exact) mass is 280 g/mol. The molecule has 0 fully saturated rings. The van der Waals surface area contributed by atoms with E-state index in [-0.39, 0.29) is 5.91 Å². The smallest absolute Gasteiger partial charge is 0.256 e. The van der Waals surface area contributed by atoms with E-state index in [1.54, 1.807) is 18.3 Å². The van der Waals surface area contributed by atoms with Gasteiger partial charge in [-0.2, -0.15) is 0 Å². The zero-order chi connectivity index (χ0) is 13.9. The maximum absolute atomic E-state index is 12.2. The maximum atomic E-state index is 12.2. The van der Waals surface area contributed by atoms with Crippen molar-refractivity contribution < 1.29 is 4.79 Å². The molecule has 0 saturated heterocycles. The summed E-state index contributed by atoms with van der Waals surface area (Å²) < 4.78 is 0. The standard InChI is InChI=1S/C16H12N2OS/c19-16(11-4-2-1-3-5-11)18-15-14-7-6-13(20)10-12(14)8-9-17-15/h1-10,20H,(H,17,18,19). The van der Waals surface area contributed by atoms with Crippen LogP contribution in [0.4, 0.5) is 5.82 Å². The van der Waals surface area contributed by atoms with Crippen LogP contribution in [0.1, 0.15) is 10.4 Å². The molecule has 1 N–H and O–H groups in total. The first kappa shape index (κ1) is 12.7. The lowest BCUT2D eigenvalue weighted by atomic mass is 10.1. The Balaban J connectivity index is 1.97. The van der Waals surface area contributed by atoms with Crippen molar-refractivity contribution in [2.24, 2.45) is 0 Å². The second kappa shape index (κ2) is 5.35. The lowest BCUT2D eigenvalue weighted by Gasteiger charge is -2.08. The summed E-state index contributed by atoms with van der Waals surface area (Å²) in [5, 5.41) is 4.74. The van der Waals surface area contributed by atoms with Gasteiger partial charge < -0.3 is 5.32 Å². The zero-order valence-electron chi connectivity index (χ0n) is 10.6. The van der Waals surface area contributed by atoms with Crippen molar-refractivity contribution in [3.8, 4) is 0 Å². The van der Waals surface area contributed by atoms with Gasteiger partial charge in [0.15, 0.2) is 0 Å². The van der Waals surface area contributed by atoms with Crippen LogP contribution in [0, 0.1) is 0 Å². The number of hydrogen-bond acceptors (Lipinski definition) is 3. The van der Waals surface area contributed by atoms with E-state index in [2.05, 4.69) is 22.9 Å². The molecule has 0 bridgehead atoms. The van der Waals surface area contributed by atoms with Gasteiger partial charge in [0.25, 0.3) is 5.91 Å². The SMILES string of the molecule is O=C(Nc1nccc2cc(S)ccc12)c1ccccc1. The molecule has 3 nitrogen and oxygen atoms in total. The highest BCUT2D eigenvalue weighted by Crippen LogP contribution is 2.23. The number of carbonyl (C=O) groups is 1. The number of nitrogens with zero attached hydrogens (tertiary/aromatic N) is 1. The molecule has 3 aromatic rings. The molecule has 0 saturated carbocycles. The van der Waals surface area contributed by atoms with Gasteiger partial charge in [-0.05, 0) is 41.8 Å². The first-order valence-electron chi connectivity index (χ1n) is 6.18. The van der Waals surface area contributed by atoms with Crippen molar-refractivity contribution in [3.05, 3.63) is 66.4 Å². The number of carbonyl (C=O) groups excluding carboxylic acids is 1. The lowest BCUT2D eigenvalue weighted by molar-refractivity contribution is 0.102. The predicted octanol–water partition coefficient (Wildman–Crippen LogP) is 3.78. The number of fused-ring (bicyclic) bond motifs is 1. The van der Waals surface area contributed by atoms with Crippen molar-refractivity contribution in [2.75, 3.05) is 5.32 Å². The van der Waals surface area contributed by atoms with Crippen LogP contribution < -0.4 is 5.32 Å². The van der Waals surface area contributed by atoms with Crippen LogP contribution >= 0.6 is 12.6 Å². The van der Waals surface area contributed by atoms with E-state index in [1.165, 1.54) is 0 Å². The Morgan fingerprint density at radius 1 is 1.05 bits per heavy atom. The van der Waals surface area contributed by atoms with Crippen molar-refractivity contribution in [2.45, 2.75) is 4.90 Å². The van der Waals surface area contributed by atoms with E-state index in [9.17, 15) is 4.79 Å². The largest absolute Gasteiger partial charge is 0.306 e. The molecule has 0 aliphatic rings. The third-order valence-corrected chi connectivity index (χ3v) is 3.29. The van der Waals surface area contributed by atoms with Crippen molar-refractivity contribution in [1.82, 2.24) is 4.98 Å². The van der Waals surface area contributed by atoms with E-state index >= 15 is 0 Å². The first-order chi connectivity index (χ1) is 9.74. The second-order valence-electron chi connectivity index (χ2n) is 4.39. The molecular formula is C16H12N2OS. The molecule has 1 aromatic heterocycles. The number of nitrogens with one attached hydrogen (secondary N) is 1. The molecule has 3 rings (SSSR count). The van der Waals surface area contributed by atoms with Crippen molar-refractivity contribution in [3.63, 3.8) is 0 Å². The van der Waals surface area contributed by atoms with Gasteiger partial charge >= 0.3 is 0 Å². The molecule has 98 valence electrons. The summed E-state index contributed by atoms with van der Waals surface area (Å²) in [7, 11) is 0. The average molecular weight is 280 g/mol. The summed E-state index contributed by atoms with van der Waals surface area (Å²) in [5.74, 6) is 0.394. The van der Waals surface area contributed by atoms with Crippen LogP contribution in [0.5, 0.6) is 0 Å². The predicted molar refractivity (Wildman–Crippen MR) is 83.4 cm³/mol. The van der Waals surface area contributed by atoms with E-state index in [4.69, 9.17) is 0 Å². The normalized spacial score (nSPS) is 10.4. The number of thiol groups is 1. The number of hydrogen-bond donors (Lipinski definition) is 2. The van der Waals surface area contributed by atoms with Crippen LogP contribution in [0.25, 0.3) is 10.8 Å². The van der Waals surface area contributed by atoms with Gasteiger partial charge in [0, 0.05) is 22.0 Å². The number of aromatic nitrogens is 1. The Bertz CT molecular complexity index is 772. The zero-order valence-corrected chi connectivity index (χ0v) is 11.5. The van der Waals surface area contributed by atoms with Crippen LogP contribution in [-0.2, 0) is 0 Å². The number of amides is 1. The fourth-order valence-electron chi connectivity index (χ4n) is 2.03. The molecule has 0 radical (unpaired) electrons. The van der Waals surface area contributed by atoms with Crippen molar-refractivity contribution >= 4 is 35.1 Å². The van der Waals surface area contributed by atoms with E-state index in [0.29, 0.717) is 11.4 Å². The third-order valence-electron chi connectivity index (χ3n) is 3.02. The van der Waals surface area contributed by atoms with Crippen LogP contribution in [-0.4, -0.2) is 10.9 Å². The summed E-state index contributed by atoms with van der Waals surface area (Å²) in [5.41, 5.74) is 0.608. The molecule has 4 heteroatoms. The molecular weight excluding hydrogens is 268 g/mol. The highest BCUT2D eigenvalue weighted by Gasteiger charge is 2.08. The van der Waals surface area contributed by atoms with Crippen molar-refractivity contribution in [1.29, 1.82) is 0 Å². The quantitative estimate of drug-likeness (QED) is 0.702. The van der Waals surface area contributed by atoms with Gasteiger partial charge in [0.2, 0.25) is 0 Å². The minimum atomic E-state index is -0.166. The first-order valence-corrected chi connectivity index (χ1v) is 6.63. The molecule has 0 unspecified atom stereocenters. The number of rotatable bonds is 2. The lowest BCUT2D eigenvalue weighted by Crippen LogP contribution is -2.12. The molecule has 20 heavy (non-hydrogen) atoms. The van der Waals surface area contributed by atoms with E-state index in [0.717, 1.165) is 15.7 Å². The van der Waals surface area contributed by atoms with Crippen LogP contribution in [0.15, 0.2) is 65.7 Å². The Morgan fingerprint density at radius 3 is 2.65 bits per heavy atom. The Labute approximate surface area is 122 Å². The number of benzene rings is 2. The fourth-order valence-corrected chi connectivity index (χ4v) is 2.25. The highest BCUT2D eigenvalue weighted by molar-refractivity contribution is 7.80. The Hall–Kier alpha value is -2.33. The van der Waals surface area contributed by atoms with Crippen LogP contribution in [0.2, 0.25) is 0 Å². The van der Waals surface area contributed by atoms with Crippen LogP contribution in [0.3, 0.4) is 0 Å². The van der Waals surface area contributed by atoms with Gasteiger partial charge in [0.1, 0.15) is 5.82 Å². The molecule has 0 aliphatic heterocycles. The fraction of sp³-hybridized carbons (Fsp3) is 0. The van der Waals surface area contributed by atoms with Gasteiger partial charge in [-0.1, -0.05) is 18.2 Å². The second-order valence-corrected chi connectivity index (χ2v) is 4.90. The highest BCUT2D eigenvalue weighted by atomic mass is 32.1. The number of anilines is 1. The van der Waals surface area contributed by atoms with Gasteiger partial charge in [0.05, 0.1) is 0 Å². The third kappa shape index (κ3) is 2.51. The van der Waals surface area contributed by atoms with E-state index < -0.39 is 0 Å². The van der Waals surface area contributed by atoms with Gasteiger partial charge in [-0.15, -0.1) is 12.6 Å². The summed E-state index contributed by atoms with van der Waals surface area (Å²) in [6.45, 7) is 0. The topological polar surface area (TPSA) is 42.0 Å². The Morgan fingerprint density at radius 2 is 1.85 bits per heavy atom. The summed E-state index contributed by atoms with van der Waals surface area (Å²) in [6.07, 6.45) is 1.68. The van der Waals surface area contributed by atoms with Gasteiger partial charge in [-0.25, -0.2) is 4.98 Å². The minimum Gasteiger partial charge on any atom is -0.306 e. The Kier molecular flexibility index (Phi) is 3.39. The molecule has 1 heterocycles.